The van der Waals surface area contributed by atoms with E-state index in [1.807, 2.05) is 6.79 Å². The largest absolute Gasteiger partial charge is 2.00 e. The normalized spacial score (nSPS) is 3.67. The molecule has 5 heteroatoms. The maximum atomic E-state index is 8.29. The first kappa shape index (κ1) is 15.6. The predicted octanol–water partition coefficient (Wildman–Crippen LogP) is -0.585. The summed E-state index contributed by atoms with van der Waals surface area (Å²) >= 11 is -0.750. The zero-order valence-corrected chi connectivity index (χ0v) is 8.30. The average Bonchev–Trinajstić information content (AvgIpc) is 1.46. The summed E-state index contributed by atoms with van der Waals surface area (Å²) in [6.45, 7) is 2.00. The van der Waals surface area contributed by atoms with Crippen LogP contribution in [-0.2, 0) is 4.79 Å². The Labute approximate surface area is 80.6 Å². The fourth-order valence-corrected chi connectivity index (χ4v) is 0. The Balaban J connectivity index is -0.0000000275. The first-order chi connectivity index (χ1) is 2.41. The fourth-order valence-electron chi connectivity index (χ4n) is 0. The SMILES string of the molecule is C=O.[Ba+2].[O-]S[O-]. The van der Waals surface area contributed by atoms with Crippen molar-refractivity contribution in [1.82, 2.24) is 0 Å². The van der Waals surface area contributed by atoms with Crippen molar-refractivity contribution >= 4 is 68.0 Å². The molecule has 6 heavy (non-hydrogen) atoms. The average molecular weight is 231 g/mol. The predicted molar refractivity (Wildman–Crippen MR) is 22.0 cm³/mol. The van der Waals surface area contributed by atoms with Crippen molar-refractivity contribution in [1.29, 1.82) is 0 Å². The standard InChI is InChI=1S/CH2O.Ba.H2O2S/c1-2;;1-3-2/h1H2;;1-2H/q;+2;/p-2. The minimum Gasteiger partial charge on any atom is -0.811 e. The van der Waals surface area contributed by atoms with Crippen LogP contribution in [0, 0.1) is 0 Å². The van der Waals surface area contributed by atoms with Gasteiger partial charge < -0.3 is 26.2 Å². The number of rotatable bonds is 0. The molecule has 0 aliphatic rings. The van der Waals surface area contributed by atoms with Gasteiger partial charge in [-0.3, -0.25) is 0 Å². The second-order valence-electron chi connectivity index (χ2n) is 0.0680. The monoisotopic (exact) mass is 232 g/mol. The van der Waals surface area contributed by atoms with Gasteiger partial charge in [0, 0.05) is 0 Å². The Morgan fingerprint density at radius 1 is 1.33 bits per heavy atom. The smallest absolute Gasteiger partial charge is 0.811 e. The summed E-state index contributed by atoms with van der Waals surface area (Å²) in [6.07, 6.45) is 0. The summed E-state index contributed by atoms with van der Waals surface area (Å²) in [5.74, 6) is 0. The van der Waals surface area contributed by atoms with Crippen LogP contribution in [0.4, 0.5) is 0 Å². The maximum absolute atomic E-state index is 8.29. The molecule has 0 spiro atoms. The van der Waals surface area contributed by atoms with Gasteiger partial charge >= 0.3 is 48.9 Å². The molecule has 0 amide bonds. The van der Waals surface area contributed by atoms with Crippen molar-refractivity contribution in [3.05, 3.63) is 0 Å². The summed E-state index contributed by atoms with van der Waals surface area (Å²) in [4.78, 5) is 8.00. The van der Waals surface area contributed by atoms with E-state index in [0.717, 1.165) is 0 Å². The van der Waals surface area contributed by atoms with E-state index < -0.39 is 12.3 Å². The van der Waals surface area contributed by atoms with Crippen LogP contribution in [0.5, 0.6) is 0 Å². The van der Waals surface area contributed by atoms with Crippen LogP contribution in [-0.4, -0.2) is 64.8 Å². The molecule has 0 unspecified atom stereocenters. The topological polar surface area (TPSA) is 63.2 Å². The third-order valence-corrected chi connectivity index (χ3v) is 0. The minimum atomic E-state index is -0.750. The number of carbonyl (C=O) groups is 1. The molecule has 0 atom stereocenters. The van der Waals surface area contributed by atoms with Gasteiger partial charge in [0.05, 0.1) is 0 Å². The maximum Gasteiger partial charge on any atom is 2.00 e. The van der Waals surface area contributed by atoms with E-state index in [4.69, 9.17) is 13.9 Å². The van der Waals surface area contributed by atoms with E-state index >= 15 is 0 Å². The molecule has 0 bridgehead atoms. The van der Waals surface area contributed by atoms with Crippen LogP contribution in [0.3, 0.4) is 0 Å². The van der Waals surface area contributed by atoms with Gasteiger partial charge in [0.1, 0.15) is 6.79 Å². The molecule has 32 valence electrons. The second-order valence-corrected chi connectivity index (χ2v) is 0.204. The molecule has 3 nitrogen and oxygen atoms in total. The van der Waals surface area contributed by atoms with Gasteiger partial charge in [0.2, 0.25) is 0 Å². The molecular weight excluding hydrogens is 229 g/mol. The summed E-state index contributed by atoms with van der Waals surface area (Å²) in [5, 5.41) is 0. The van der Waals surface area contributed by atoms with Gasteiger partial charge in [-0.1, -0.05) is 0 Å². The summed E-state index contributed by atoms with van der Waals surface area (Å²) in [7, 11) is 0. The van der Waals surface area contributed by atoms with Crippen molar-refractivity contribution < 1.29 is 13.9 Å². The van der Waals surface area contributed by atoms with Crippen LogP contribution in [0.25, 0.3) is 0 Å². The van der Waals surface area contributed by atoms with Gasteiger partial charge in [-0.05, 0) is 0 Å². The molecule has 0 heterocycles. The van der Waals surface area contributed by atoms with E-state index in [0.29, 0.717) is 0 Å². The van der Waals surface area contributed by atoms with Crippen LogP contribution in [0.15, 0.2) is 0 Å². The second kappa shape index (κ2) is 31.4. The molecule has 0 aromatic rings. The zero-order valence-electron chi connectivity index (χ0n) is 3.05. The van der Waals surface area contributed by atoms with Crippen molar-refractivity contribution in [3.63, 3.8) is 0 Å². The van der Waals surface area contributed by atoms with E-state index in [2.05, 4.69) is 0 Å². The molecule has 0 aromatic heterocycles. The van der Waals surface area contributed by atoms with Gasteiger partial charge in [0.15, 0.2) is 0 Å². The summed E-state index contributed by atoms with van der Waals surface area (Å²) in [6, 6.07) is 0. The van der Waals surface area contributed by atoms with E-state index in [1.165, 1.54) is 0 Å². The van der Waals surface area contributed by atoms with Crippen molar-refractivity contribution in [2.75, 3.05) is 0 Å². The molecule has 0 radical (unpaired) electrons. The molecular formula is CH2BaO3S. The molecule has 0 aromatic carbocycles. The fraction of sp³-hybridized carbons (Fsp3) is 0. The van der Waals surface area contributed by atoms with Crippen LogP contribution in [0.2, 0.25) is 0 Å². The Bertz CT molecular complexity index is 14.8. The molecule has 0 aliphatic heterocycles. The molecule has 0 aliphatic carbocycles. The summed E-state index contributed by atoms with van der Waals surface area (Å²) in [5.41, 5.74) is 0. The first-order valence-corrected chi connectivity index (χ1v) is 1.29. The van der Waals surface area contributed by atoms with E-state index in [9.17, 15) is 0 Å². The number of carbonyl (C=O) groups excluding carboxylic acids is 1. The van der Waals surface area contributed by atoms with Gasteiger partial charge in [-0.25, -0.2) is 0 Å². The Morgan fingerprint density at radius 2 is 1.33 bits per heavy atom. The van der Waals surface area contributed by atoms with Gasteiger partial charge in [0.25, 0.3) is 0 Å². The molecule has 0 saturated heterocycles. The van der Waals surface area contributed by atoms with Crippen LogP contribution < -0.4 is 0 Å². The zero-order chi connectivity index (χ0) is 4.71. The van der Waals surface area contributed by atoms with E-state index in [-0.39, 0.29) is 48.9 Å². The van der Waals surface area contributed by atoms with E-state index in [1.54, 1.807) is 0 Å². The van der Waals surface area contributed by atoms with Crippen LogP contribution in [0.1, 0.15) is 0 Å². The van der Waals surface area contributed by atoms with Crippen molar-refractivity contribution in [3.8, 4) is 0 Å². The summed E-state index contributed by atoms with van der Waals surface area (Å²) < 4.78 is 16.6. The Hall–Kier alpha value is 1.51. The minimum absolute atomic E-state index is 0. The molecule has 0 N–H and O–H groups in total. The number of hydrogen-bond donors (Lipinski definition) is 0. The van der Waals surface area contributed by atoms with Crippen molar-refractivity contribution in [2.45, 2.75) is 0 Å². The van der Waals surface area contributed by atoms with Gasteiger partial charge in [-0.15, -0.1) is 0 Å². The first-order valence-electron chi connectivity index (χ1n) is 0.622. The molecule has 0 rings (SSSR count). The quantitative estimate of drug-likeness (QED) is 0.413. The molecule has 0 fully saturated rings. The third-order valence-electron chi connectivity index (χ3n) is 0. The third kappa shape index (κ3) is 49.1. The molecule has 0 saturated carbocycles. The van der Waals surface area contributed by atoms with Crippen LogP contribution >= 0.6 is 12.3 Å². The number of hydrogen-bond acceptors (Lipinski definition) is 4. The Morgan fingerprint density at radius 3 is 1.33 bits per heavy atom. The van der Waals surface area contributed by atoms with Gasteiger partial charge in [-0.2, -0.15) is 0 Å². The Kier molecular flexibility index (Phi) is 81.8. The van der Waals surface area contributed by atoms with Crippen molar-refractivity contribution in [2.24, 2.45) is 0 Å².